The van der Waals surface area contributed by atoms with Gasteiger partial charge in [-0.2, -0.15) is 11.8 Å². The minimum Gasteiger partial charge on any atom is -0.294 e. The first-order valence-electron chi connectivity index (χ1n) is 5.40. The standard InChI is InChI=1S/C13H18OS/c1-11(2)15-10-6-9-13(14)12-7-4-3-5-8-12/h3-5,7-8,11H,6,9-10H2,1-2H3. The first-order valence-corrected chi connectivity index (χ1v) is 6.45. The van der Waals surface area contributed by atoms with E-state index in [0.717, 1.165) is 17.7 Å². The third-order valence-electron chi connectivity index (χ3n) is 2.10. The Hall–Kier alpha value is -0.760. The second-order valence-electron chi connectivity index (χ2n) is 3.81. The number of Topliss-reactive ketones (excluding diaryl/α,β-unsaturated/α-hetero) is 1. The van der Waals surface area contributed by atoms with Crippen LogP contribution in [0, 0.1) is 0 Å². The first kappa shape index (κ1) is 12.3. The Labute approximate surface area is 96.3 Å². The molecule has 0 unspecified atom stereocenters. The van der Waals surface area contributed by atoms with Crippen molar-refractivity contribution < 1.29 is 4.79 Å². The van der Waals surface area contributed by atoms with Gasteiger partial charge in [0.25, 0.3) is 0 Å². The van der Waals surface area contributed by atoms with Gasteiger partial charge in [-0.15, -0.1) is 0 Å². The molecule has 82 valence electrons. The van der Waals surface area contributed by atoms with E-state index >= 15 is 0 Å². The fourth-order valence-corrected chi connectivity index (χ4v) is 2.10. The lowest BCUT2D eigenvalue weighted by Crippen LogP contribution is -2.00. The number of ketones is 1. The smallest absolute Gasteiger partial charge is 0.162 e. The van der Waals surface area contributed by atoms with Crippen molar-refractivity contribution >= 4 is 17.5 Å². The van der Waals surface area contributed by atoms with E-state index in [9.17, 15) is 4.79 Å². The van der Waals surface area contributed by atoms with Crippen molar-refractivity contribution in [3.05, 3.63) is 35.9 Å². The van der Waals surface area contributed by atoms with E-state index in [0.29, 0.717) is 11.7 Å². The normalized spacial score (nSPS) is 10.6. The van der Waals surface area contributed by atoms with Gasteiger partial charge in [-0.3, -0.25) is 4.79 Å². The number of rotatable bonds is 6. The summed E-state index contributed by atoms with van der Waals surface area (Å²) in [6, 6.07) is 9.54. The average Bonchev–Trinajstić information content (AvgIpc) is 2.25. The lowest BCUT2D eigenvalue weighted by molar-refractivity contribution is 0.0982. The van der Waals surface area contributed by atoms with Crippen LogP contribution in [0.4, 0.5) is 0 Å². The van der Waals surface area contributed by atoms with E-state index in [1.165, 1.54) is 0 Å². The second-order valence-corrected chi connectivity index (χ2v) is 5.50. The van der Waals surface area contributed by atoms with E-state index in [4.69, 9.17) is 0 Å². The molecule has 1 aromatic carbocycles. The van der Waals surface area contributed by atoms with E-state index in [1.807, 2.05) is 42.1 Å². The number of hydrogen-bond acceptors (Lipinski definition) is 2. The molecule has 2 heteroatoms. The van der Waals surface area contributed by atoms with Crippen LogP contribution in [0.2, 0.25) is 0 Å². The molecule has 15 heavy (non-hydrogen) atoms. The lowest BCUT2D eigenvalue weighted by Gasteiger charge is -2.04. The van der Waals surface area contributed by atoms with Crippen molar-refractivity contribution in [3.8, 4) is 0 Å². The van der Waals surface area contributed by atoms with Gasteiger partial charge in [0.2, 0.25) is 0 Å². The molecule has 1 aromatic rings. The Kier molecular flexibility index (Phi) is 5.48. The Balaban J connectivity index is 2.25. The van der Waals surface area contributed by atoms with Gasteiger partial charge in [-0.05, 0) is 17.4 Å². The van der Waals surface area contributed by atoms with Crippen LogP contribution in [0.1, 0.15) is 37.0 Å². The molecule has 0 aliphatic rings. The van der Waals surface area contributed by atoms with Gasteiger partial charge < -0.3 is 0 Å². The predicted octanol–water partition coefficient (Wildman–Crippen LogP) is 3.79. The van der Waals surface area contributed by atoms with Crippen molar-refractivity contribution in [2.24, 2.45) is 0 Å². The van der Waals surface area contributed by atoms with Gasteiger partial charge >= 0.3 is 0 Å². The van der Waals surface area contributed by atoms with E-state index in [1.54, 1.807) is 0 Å². The quantitative estimate of drug-likeness (QED) is 0.538. The third-order valence-corrected chi connectivity index (χ3v) is 3.29. The molecule has 0 saturated heterocycles. The van der Waals surface area contributed by atoms with E-state index < -0.39 is 0 Å². The van der Waals surface area contributed by atoms with E-state index in [-0.39, 0.29) is 5.78 Å². The van der Waals surface area contributed by atoms with Crippen LogP contribution in [0.15, 0.2) is 30.3 Å². The minimum atomic E-state index is 0.264. The molecule has 0 spiro atoms. The van der Waals surface area contributed by atoms with Crippen LogP contribution < -0.4 is 0 Å². The molecular formula is C13H18OS. The molecule has 0 aliphatic heterocycles. The van der Waals surface area contributed by atoms with Gasteiger partial charge in [-0.1, -0.05) is 44.2 Å². The zero-order valence-corrected chi connectivity index (χ0v) is 10.2. The summed E-state index contributed by atoms with van der Waals surface area (Å²) >= 11 is 1.92. The summed E-state index contributed by atoms with van der Waals surface area (Å²) in [5.74, 6) is 1.34. The zero-order chi connectivity index (χ0) is 11.1. The highest BCUT2D eigenvalue weighted by molar-refractivity contribution is 7.99. The molecule has 0 radical (unpaired) electrons. The Morgan fingerprint density at radius 1 is 1.27 bits per heavy atom. The van der Waals surface area contributed by atoms with Crippen molar-refractivity contribution in [3.63, 3.8) is 0 Å². The number of thioether (sulfide) groups is 1. The maximum atomic E-state index is 11.7. The molecule has 0 amide bonds. The number of carbonyl (C=O) groups is 1. The van der Waals surface area contributed by atoms with Crippen LogP contribution in [0.25, 0.3) is 0 Å². The van der Waals surface area contributed by atoms with Crippen LogP contribution in [0.3, 0.4) is 0 Å². The van der Waals surface area contributed by atoms with Gasteiger partial charge in [0.15, 0.2) is 5.78 Å². The van der Waals surface area contributed by atoms with Crippen molar-refractivity contribution in [1.82, 2.24) is 0 Å². The topological polar surface area (TPSA) is 17.1 Å². The fraction of sp³-hybridized carbons (Fsp3) is 0.462. The summed E-state index contributed by atoms with van der Waals surface area (Å²) in [6.45, 7) is 4.37. The molecule has 1 rings (SSSR count). The predicted molar refractivity (Wildman–Crippen MR) is 67.6 cm³/mol. The summed E-state index contributed by atoms with van der Waals surface area (Å²) < 4.78 is 0. The summed E-state index contributed by atoms with van der Waals surface area (Å²) in [7, 11) is 0. The van der Waals surface area contributed by atoms with Gasteiger partial charge in [-0.25, -0.2) is 0 Å². The highest BCUT2D eigenvalue weighted by Crippen LogP contribution is 2.13. The Morgan fingerprint density at radius 2 is 1.93 bits per heavy atom. The maximum Gasteiger partial charge on any atom is 0.162 e. The Bertz CT molecular complexity index is 293. The van der Waals surface area contributed by atoms with Gasteiger partial charge in [0, 0.05) is 12.0 Å². The van der Waals surface area contributed by atoms with Crippen molar-refractivity contribution in [2.75, 3.05) is 5.75 Å². The van der Waals surface area contributed by atoms with Crippen LogP contribution in [-0.2, 0) is 0 Å². The highest BCUT2D eigenvalue weighted by atomic mass is 32.2. The molecule has 0 N–H and O–H groups in total. The molecule has 0 atom stereocenters. The number of benzene rings is 1. The molecule has 0 fully saturated rings. The monoisotopic (exact) mass is 222 g/mol. The molecule has 0 aromatic heterocycles. The summed E-state index contributed by atoms with van der Waals surface area (Å²) in [5, 5.41) is 0.664. The van der Waals surface area contributed by atoms with Gasteiger partial charge in [0.05, 0.1) is 0 Å². The Morgan fingerprint density at radius 3 is 2.53 bits per heavy atom. The lowest BCUT2D eigenvalue weighted by atomic mass is 10.1. The van der Waals surface area contributed by atoms with Crippen LogP contribution >= 0.6 is 11.8 Å². The van der Waals surface area contributed by atoms with Crippen molar-refractivity contribution in [1.29, 1.82) is 0 Å². The SMILES string of the molecule is CC(C)SCCCC(=O)c1ccccc1. The molecular weight excluding hydrogens is 204 g/mol. The highest BCUT2D eigenvalue weighted by Gasteiger charge is 2.04. The van der Waals surface area contributed by atoms with Gasteiger partial charge in [0.1, 0.15) is 0 Å². The molecule has 0 saturated carbocycles. The largest absolute Gasteiger partial charge is 0.294 e. The molecule has 1 nitrogen and oxygen atoms in total. The van der Waals surface area contributed by atoms with Crippen LogP contribution in [-0.4, -0.2) is 16.8 Å². The summed E-state index contributed by atoms with van der Waals surface area (Å²) in [6.07, 6.45) is 1.65. The second kappa shape index (κ2) is 6.67. The minimum absolute atomic E-state index is 0.264. The number of carbonyl (C=O) groups excluding carboxylic acids is 1. The maximum absolute atomic E-state index is 11.7. The summed E-state index contributed by atoms with van der Waals surface area (Å²) in [4.78, 5) is 11.7. The van der Waals surface area contributed by atoms with E-state index in [2.05, 4.69) is 13.8 Å². The zero-order valence-electron chi connectivity index (χ0n) is 9.40. The number of hydrogen-bond donors (Lipinski definition) is 0. The molecule has 0 bridgehead atoms. The van der Waals surface area contributed by atoms with Crippen LogP contribution in [0.5, 0.6) is 0 Å². The summed E-state index contributed by atoms with van der Waals surface area (Å²) in [5.41, 5.74) is 0.840. The third kappa shape index (κ3) is 5.03. The first-order chi connectivity index (χ1) is 7.20. The average molecular weight is 222 g/mol. The molecule has 0 aliphatic carbocycles. The van der Waals surface area contributed by atoms with Crippen molar-refractivity contribution in [2.45, 2.75) is 31.9 Å². The fourth-order valence-electron chi connectivity index (χ4n) is 1.32. The molecule has 0 heterocycles.